The van der Waals surface area contributed by atoms with Crippen molar-refractivity contribution < 1.29 is 19.1 Å². The van der Waals surface area contributed by atoms with Gasteiger partial charge in [-0.2, -0.15) is 5.10 Å². The minimum Gasteiger partial charge on any atom is -0.465 e. The molecule has 3 aromatic rings. The van der Waals surface area contributed by atoms with Gasteiger partial charge in [0.05, 0.1) is 18.4 Å². The summed E-state index contributed by atoms with van der Waals surface area (Å²) in [4.78, 5) is 36.3. The van der Waals surface area contributed by atoms with E-state index in [1.165, 1.54) is 13.2 Å². The summed E-state index contributed by atoms with van der Waals surface area (Å²) in [6, 6.07) is 13.7. The van der Waals surface area contributed by atoms with Crippen molar-refractivity contribution in [2.45, 2.75) is 19.9 Å². The van der Waals surface area contributed by atoms with Gasteiger partial charge in [0.25, 0.3) is 5.91 Å². The molecule has 0 atom stereocenters. The second-order valence-corrected chi connectivity index (χ2v) is 6.50. The Morgan fingerprint density at radius 1 is 1.07 bits per heavy atom. The van der Waals surface area contributed by atoms with E-state index in [2.05, 4.69) is 15.7 Å². The predicted octanol–water partition coefficient (Wildman–Crippen LogP) is 2.94. The van der Waals surface area contributed by atoms with Crippen LogP contribution in [0, 0.1) is 0 Å². The molecule has 2 N–H and O–H groups in total. The number of aromatic nitrogens is 2. The van der Waals surface area contributed by atoms with Gasteiger partial charge in [0, 0.05) is 36.6 Å². The summed E-state index contributed by atoms with van der Waals surface area (Å²) < 4.78 is 6.44. The fraction of sp³-hybridized carbons (Fsp3) is 0.182. The molecular formula is C22H22N4O4. The summed E-state index contributed by atoms with van der Waals surface area (Å²) >= 11 is 0. The Kier molecular flexibility index (Phi) is 6.59. The highest BCUT2D eigenvalue weighted by Gasteiger charge is 2.12. The molecular weight excluding hydrogens is 384 g/mol. The summed E-state index contributed by atoms with van der Waals surface area (Å²) in [5.41, 5.74) is 2.66. The number of esters is 1. The van der Waals surface area contributed by atoms with E-state index < -0.39 is 5.97 Å². The largest absolute Gasteiger partial charge is 0.465 e. The van der Waals surface area contributed by atoms with Gasteiger partial charge in [-0.05, 0) is 48.0 Å². The summed E-state index contributed by atoms with van der Waals surface area (Å²) in [6.45, 7) is 1.91. The first-order valence-electron chi connectivity index (χ1n) is 9.40. The highest BCUT2D eigenvalue weighted by Crippen LogP contribution is 2.17. The summed E-state index contributed by atoms with van der Waals surface area (Å²) in [6.07, 6.45) is 3.76. The molecule has 2 amide bonds. The molecule has 0 fully saturated rings. The van der Waals surface area contributed by atoms with Crippen LogP contribution in [0.5, 0.6) is 0 Å². The average Bonchev–Trinajstić information content (AvgIpc) is 3.31. The third-order valence-electron chi connectivity index (χ3n) is 4.35. The van der Waals surface area contributed by atoms with Crippen LogP contribution in [0.2, 0.25) is 0 Å². The SMILES string of the molecule is CCC(=O)Nc1cc(CNC(=O)c2cccc(-n3cccn3)c2)cc(C(=O)OC)c1. The quantitative estimate of drug-likeness (QED) is 0.588. The zero-order valence-corrected chi connectivity index (χ0v) is 16.7. The van der Waals surface area contributed by atoms with Gasteiger partial charge in [-0.25, -0.2) is 9.48 Å². The number of benzene rings is 2. The van der Waals surface area contributed by atoms with Gasteiger partial charge in [-0.1, -0.05) is 13.0 Å². The van der Waals surface area contributed by atoms with Crippen LogP contribution in [0.1, 0.15) is 39.6 Å². The second kappa shape index (κ2) is 9.51. The zero-order valence-electron chi connectivity index (χ0n) is 16.7. The normalized spacial score (nSPS) is 10.3. The van der Waals surface area contributed by atoms with Crippen molar-refractivity contribution in [1.82, 2.24) is 15.1 Å². The Hall–Kier alpha value is -3.94. The molecule has 0 aliphatic carbocycles. The Bertz CT molecular complexity index is 1060. The van der Waals surface area contributed by atoms with Gasteiger partial charge in [0.2, 0.25) is 5.91 Å². The lowest BCUT2D eigenvalue weighted by Crippen LogP contribution is -2.23. The van der Waals surface area contributed by atoms with E-state index in [4.69, 9.17) is 4.74 Å². The van der Waals surface area contributed by atoms with E-state index in [0.29, 0.717) is 23.2 Å². The lowest BCUT2D eigenvalue weighted by molar-refractivity contribution is -0.115. The van der Waals surface area contributed by atoms with Crippen molar-refractivity contribution in [1.29, 1.82) is 0 Å². The summed E-state index contributed by atoms with van der Waals surface area (Å²) in [5, 5.41) is 9.72. The van der Waals surface area contributed by atoms with Crippen molar-refractivity contribution in [2.75, 3.05) is 12.4 Å². The molecule has 0 aliphatic heterocycles. The number of carbonyl (C=O) groups is 3. The van der Waals surface area contributed by atoms with Crippen LogP contribution in [-0.2, 0) is 16.1 Å². The molecule has 0 spiro atoms. The third kappa shape index (κ3) is 5.11. The van der Waals surface area contributed by atoms with Crippen LogP contribution in [0.3, 0.4) is 0 Å². The molecule has 8 heteroatoms. The highest BCUT2D eigenvalue weighted by molar-refractivity contribution is 5.96. The number of nitrogens with zero attached hydrogens (tertiary/aromatic N) is 2. The Labute approximate surface area is 173 Å². The van der Waals surface area contributed by atoms with E-state index in [0.717, 1.165) is 5.69 Å². The molecule has 154 valence electrons. The molecule has 1 heterocycles. The number of hydrogen-bond donors (Lipinski definition) is 2. The minimum atomic E-state index is -0.526. The smallest absolute Gasteiger partial charge is 0.337 e. The van der Waals surface area contributed by atoms with E-state index in [1.54, 1.807) is 60.4 Å². The molecule has 8 nitrogen and oxygen atoms in total. The van der Waals surface area contributed by atoms with Crippen molar-refractivity contribution in [3.05, 3.63) is 77.6 Å². The molecule has 0 aliphatic rings. The number of rotatable bonds is 7. The topological polar surface area (TPSA) is 102 Å². The summed E-state index contributed by atoms with van der Waals surface area (Å²) in [7, 11) is 1.29. The van der Waals surface area contributed by atoms with Crippen LogP contribution in [0.4, 0.5) is 5.69 Å². The monoisotopic (exact) mass is 406 g/mol. The molecule has 3 rings (SSSR count). The minimum absolute atomic E-state index is 0.171. The van der Waals surface area contributed by atoms with Gasteiger partial charge in [0.1, 0.15) is 0 Å². The first-order chi connectivity index (χ1) is 14.5. The van der Waals surface area contributed by atoms with Crippen LogP contribution < -0.4 is 10.6 Å². The average molecular weight is 406 g/mol. The molecule has 2 aromatic carbocycles. The lowest BCUT2D eigenvalue weighted by Gasteiger charge is -2.11. The first kappa shape index (κ1) is 20.8. The lowest BCUT2D eigenvalue weighted by atomic mass is 10.1. The van der Waals surface area contributed by atoms with Crippen LogP contribution in [-0.4, -0.2) is 34.7 Å². The predicted molar refractivity (Wildman–Crippen MR) is 111 cm³/mol. The number of carbonyl (C=O) groups excluding carboxylic acids is 3. The standard InChI is InChI=1S/C22H22N4O4/c1-3-20(27)25-18-11-15(10-17(12-18)22(29)30-2)14-23-21(28)16-6-4-7-19(13-16)26-9-5-8-24-26/h4-13H,3,14H2,1-2H3,(H,23,28)(H,25,27). The van der Waals surface area contributed by atoms with E-state index in [1.807, 2.05) is 6.07 Å². The molecule has 30 heavy (non-hydrogen) atoms. The van der Waals surface area contributed by atoms with Crippen LogP contribution >= 0.6 is 0 Å². The third-order valence-corrected chi connectivity index (χ3v) is 4.35. The zero-order chi connectivity index (χ0) is 21.5. The first-order valence-corrected chi connectivity index (χ1v) is 9.40. The van der Waals surface area contributed by atoms with E-state index >= 15 is 0 Å². The number of nitrogens with one attached hydrogen (secondary N) is 2. The Balaban J connectivity index is 1.76. The number of anilines is 1. The Morgan fingerprint density at radius 3 is 2.60 bits per heavy atom. The molecule has 0 unspecified atom stereocenters. The van der Waals surface area contributed by atoms with E-state index in [9.17, 15) is 14.4 Å². The van der Waals surface area contributed by atoms with Gasteiger partial charge in [0.15, 0.2) is 0 Å². The van der Waals surface area contributed by atoms with Crippen molar-refractivity contribution in [3.8, 4) is 5.69 Å². The maximum atomic E-state index is 12.6. The van der Waals surface area contributed by atoms with E-state index in [-0.39, 0.29) is 23.9 Å². The van der Waals surface area contributed by atoms with Gasteiger partial charge in [-0.15, -0.1) is 0 Å². The van der Waals surface area contributed by atoms with Crippen molar-refractivity contribution >= 4 is 23.5 Å². The van der Waals surface area contributed by atoms with Gasteiger partial charge in [-0.3, -0.25) is 9.59 Å². The molecule has 0 saturated carbocycles. The number of methoxy groups -OCH3 is 1. The second-order valence-electron chi connectivity index (χ2n) is 6.50. The number of ether oxygens (including phenoxy) is 1. The number of amides is 2. The number of hydrogen-bond acceptors (Lipinski definition) is 5. The Morgan fingerprint density at radius 2 is 1.90 bits per heavy atom. The van der Waals surface area contributed by atoms with Crippen molar-refractivity contribution in [3.63, 3.8) is 0 Å². The summed E-state index contributed by atoms with van der Waals surface area (Å²) in [5.74, 6) is -0.976. The van der Waals surface area contributed by atoms with Crippen LogP contribution in [0.25, 0.3) is 5.69 Å². The van der Waals surface area contributed by atoms with Gasteiger partial charge >= 0.3 is 5.97 Å². The van der Waals surface area contributed by atoms with Gasteiger partial charge < -0.3 is 15.4 Å². The maximum Gasteiger partial charge on any atom is 0.337 e. The fourth-order valence-corrected chi connectivity index (χ4v) is 2.85. The van der Waals surface area contributed by atoms with Crippen LogP contribution in [0.15, 0.2) is 60.9 Å². The molecule has 0 radical (unpaired) electrons. The highest BCUT2D eigenvalue weighted by atomic mass is 16.5. The molecule has 1 aromatic heterocycles. The van der Waals surface area contributed by atoms with Crippen molar-refractivity contribution in [2.24, 2.45) is 0 Å². The molecule has 0 saturated heterocycles. The molecule has 0 bridgehead atoms. The maximum absolute atomic E-state index is 12.6. The fourth-order valence-electron chi connectivity index (χ4n) is 2.85.